The van der Waals surface area contributed by atoms with E-state index in [1.807, 2.05) is 31.2 Å². The van der Waals surface area contributed by atoms with Crippen LogP contribution in [0.15, 0.2) is 30.5 Å². The van der Waals surface area contributed by atoms with Gasteiger partial charge in [0.05, 0.1) is 6.42 Å². The average Bonchev–Trinajstić information content (AvgIpc) is 2.86. The van der Waals surface area contributed by atoms with Crippen LogP contribution in [0.25, 0.3) is 10.9 Å². The zero-order chi connectivity index (χ0) is 15.2. The third-order valence-electron chi connectivity index (χ3n) is 3.51. The second kappa shape index (κ2) is 6.92. The van der Waals surface area contributed by atoms with Crippen LogP contribution < -0.4 is 5.32 Å². The van der Waals surface area contributed by atoms with Crippen LogP contribution >= 0.6 is 0 Å². The monoisotopic (exact) mass is 288 g/mol. The summed E-state index contributed by atoms with van der Waals surface area (Å²) in [5, 5.41) is 12.7. The molecule has 0 saturated heterocycles. The number of aromatic nitrogens is 1. The molecule has 21 heavy (non-hydrogen) atoms. The third-order valence-corrected chi connectivity index (χ3v) is 3.51. The number of H-pyrrole nitrogens is 1. The molecule has 0 unspecified atom stereocenters. The van der Waals surface area contributed by atoms with Crippen LogP contribution in [0.5, 0.6) is 0 Å². The van der Waals surface area contributed by atoms with E-state index in [0.717, 1.165) is 29.3 Å². The number of carbonyl (C=O) groups excluding carboxylic acids is 1. The zero-order valence-corrected chi connectivity index (χ0v) is 12.1. The molecule has 1 aromatic carbocycles. The highest BCUT2D eigenvalue weighted by Gasteiger charge is 2.19. The maximum atomic E-state index is 12.0. The van der Waals surface area contributed by atoms with Crippen molar-refractivity contribution in [1.29, 1.82) is 0 Å². The summed E-state index contributed by atoms with van der Waals surface area (Å²) >= 11 is 0. The van der Waals surface area contributed by atoms with Gasteiger partial charge in [-0.1, -0.05) is 38.0 Å². The lowest BCUT2D eigenvalue weighted by Crippen LogP contribution is -2.41. The van der Waals surface area contributed by atoms with Crippen molar-refractivity contribution in [1.82, 2.24) is 10.3 Å². The van der Waals surface area contributed by atoms with E-state index in [1.54, 1.807) is 6.20 Å². The topological polar surface area (TPSA) is 82.2 Å². The number of hydrogen-bond acceptors (Lipinski definition) is 2. The molecule has 1 heterocycles. The molecular formula is C16H20N2O3. The molecule has 2 rings (SSSR count). The molecule has 0 spiro atoms. The number of hydrogen-bond donors (Lipinski definition) is 3. The van der Waals surface area contributed by atoms with Crippen LogP contribution in [0.1, 0.15) is 31.7 Å². The Labute approximate surface area is 123 Å². The Morgan fingerprint density at radius 2 is 2.10 bits per heavy atom. The van der Waals surface area contributed by atoms with Gasteiger partial charge in [0, 0.05) is 17.1 Å². The van der Waals surface area contributed by atoms with Crippen molar-refractivity contribution in [2.75, 3.05) is 0 Å². The molecule has 2 aromatic rings. The highest BCUT2D eigenvalue weighted by Crippen LogP contribution is 2.18. The van der Waals surface area contributed by atoms with Gasteiger partial charge in [-0.25, -0.2) is 4.79 Å². The van der Waals surface area contributed by atoms with E-state index in [1.165, 1.54) is 0 Å². The lowest BCUT2D eigenvalue weighted by atomic mass is 10.1. The Kier molecular flexibility index (Phi) is 4.98. The summed E-state index contributed by atoms with van der Waals surface area (Å²) in [6.45, 7) is 1.99. The molecule has 0 bridgehead atoms. The SMILES string of the molecule is CCCC[C@H](NC(=O)Cc1c[nH]c2ccccc12)C(=O)O. The maximum Gasteiger partial charge on any atom is 0.326 e. The Bertz CT molecular complexity index is 633. The number of carboxylic acids is 1. The van der Waals surface area contributed by atoms with E-state index in [2.05, 4.69) is 10.3 Å². The maximum absolute atomic E-state index is 12.0. The number of rotatable bonds is 7. The molecule has 5 nitrogen and oxygen atoms in total. The predicted molar refractivity (Wildman–Crippen MR) is 81.1 cm³/mol. The first-order valence-corrected chi connectivity index (χ1v) is 7.19. The van der Waals surface area contributed by atoms with Crippen molar-refractivity contribution in [3.05, 3.63) is 36.0 Å². The van der Waals surface area contributed by atoms with Crippen molar-refractivity contribution in [2.24, 2.45) is 0 Å². The van der Waals surface area contributed by atoms with E-state index in [0.29, 0.717) is 6.42 Å². The van der Waals surface area contributed by atoms with Crippen LogP contribution in [-0.4, -0.2) is 28.0 Å². The van der Waals surface area contributed by atoms with E-state index in [4.69, 9.17) is 5.11 Å². The minimum Gasteiger partial charge on any atom is -0.480 e. The minimum atomic E-state index is -0.976. The second-order valence-corrected chi connectivity index (χ2v) is 5.14. The molecule has 1 amide bonds. The van der Waals surface area contributed by atoms with Crippen molar-refractivity contribution in [3.63, 3.8) is 0 Å². The number of amides is 1. The normalized spacial score (nSPS) is 12.2. The van der Waals surface area contributed by atoms with E-state index >= 15 is 0 Å². The van der Waals surface area contributed by atoms with Gasteiger partial charge in [0.25, 0.3) is 0 Å². The van der Waals surface area contributed by atoms with Gasteiger partial charge in [-0.3, -0.25) is 4.79 Å². The molecule has 0 saturated carbocycles. The third kappa shape index (κ3) is 3.84. The van der Waals surface area contributed by atoms with Crippen LogP contribution in [0.2, 0.25) is 0 Å². The van der Waals surface area contributed by atoms with Crippen LogP contribution in [0, 0.1) is 0 Å². The molecule has 0 radical (unpaired) electrons. The van der Waals surface area contributed by atoms with E-state index in [9.17, 15) is 9.59 Å². The smallest absolute Gasteiger partial charge is 0.326 e. The number of benzene rings is 1. The molecule has 112 valence electrons. The Morgan fingerprint density at radius 1 is 1.33 bits per heavy atom. The molecule has 0 fully saturated rings. The molecule has 5 heteroatoms. The lowest BCUT2D eigenvalue weighted by Gasteiger charge is -2.13. The van der Waals surface area contributed by atoms with Crippen LogP contribution in [-0.2, 0) is 16.0 Å². The summed E-state index contributed by atoms with van der Waals surface area (Å²) < 4.78 is 0. The van der Waals surface area contributed by atoms with Gasteiger partial charge in [-0.15, -0.1) is 0 Å². The molecule has 0 aliphatic rings. The number of carbonyl (C=O) groups is 2. The van der Waals surface area contributed by atoms with Crippen LogP contribution in [0.3, 0.4) is 0 Å². The number of carboxylic acid groups (broad SMARTS) is 1. The predicted octanol–water partition coefficient (Wildman–Crippen LogP) is 2.47. The standard InChI is InChI=1S/C16H20N2O3/c1-2-3-7-14(16(20)21)18-15(19)9-11-10-17-13-8-5-4-6-12(11)13/h4-6,8,10,14,17H,2-3,7,9H2,1H3,(H,18,19)(H,20,21)/t14-/m0/s1. The summed E-state index contributed by atoms with van der Waals surface area (Å²) in [4.78, 5) is 26.3. The quantitative estimate of drug-likeness (QED) is 0.732. The molecule has 0 aliphatic heterocycles. The summed E-state index contributed by atoms with van der Waals surface area (Å²) in [5.41, 5.74) is 1.85. The largest absolute Gasteiger partial charge is 0.480 e. The fourth-order valence-electron chi connectivity index (χ4n) is 2.36. The Balaban J connectivity index is 2.02. The number of nitrogens with one attached hydrogen (secondary N) is 2. The fourth-order valence-corrected chi connectivity index (χ4v) is 2.36. The average molecular weight is 288 g/mol. The van der Waals surface area contributed by atoms with Gasteiger partial charge in [-0.2, -0.15) is 0 Å². The first-order chi connectivity index (χ1) is 10.1. The number of para-hydroxylation sites is 1. The van der Waals surface area contributed by atoms with E-state index in [-0.39, 0.29) is 12.3 Å². The molecule has 0 aliphatic carbocycles. The summed E-state index contributed by atoms with van der Waals surface area (Å²) in [5.74, 6) is -1.24. The van der Waals surface area contributed by atoms with Crippen molar-refractivity contribution < 1.29 is 14.7 Å². The van der Waals surface area contributed by atoms with Crippen molar-refractivity contribution >= 4 is 22.8 Å². The summed E-state index contributed by atoms with van der Waals surface area (Å²) in [6, 6.07) is 6.92. The summed E-state index contributed by atoms with van der Waals surface area (Å²) in [6.07, 6.45) is 4.13. The Hall–Kier alpha value is -2.30. The highest BCUT2D eigenvalue weighted by molar-refractivity contribution is 5.90. The minimum absolute atomic E-state index is 0.180. The van der Waals surface area contributed by atoms with Gasteiger partial charge in [0.1, 0.15) is 6.04 Å². The Morgan fingerprint density at radius 3 is 2.81 bits per heavy atom. The second-order valence-electron chi connectivity index (χ2n) is 5.14. The van der Waals surface area contributed by atoms with Crippen molar-refractivity contribution in [3.8, 4) is 0 Å². The van der Waals surface area contributed by atoms with Crippen LogP contribution in [0.4, 0.5) is 0 Å². The fraction of sp³-hybridized carbons (Fsp3) is 0.375. The lowest BCUT2D eigenvalue weighted by molar-refractivity contribution is -0.141. The highest BCUT2D eigenvalue weighted by atomic mass is 16.4. The zero-order valence-electron chi connectivity index (χ0n) is 12.1. The van der Waals surface area contributed by atoms with Gasteiger partial charge in [-0.05, 0) is 18.1 Å². The first-order valence-electron chi connectivity index (χ1n) is 7.19. The van der Waals surface area contributed by atoms with Gasteiger partial charge in [0.2, 0.25) is 5.91 Å². The number of fused-ring (bicyclic) bond motifs is 1. The molecule has 3 N–H and O–H groups in total. The molecule has 1 atom stereocenters. The summed E-state index contributed by atoms with van der Waals surface area (Å²) in [7, 11) is 0. The number of unbranched alkanes of at least 4 members (excludes halogenated alkanes) is 1. The van der Waals surface area contributed by atoms with Gasteiger partial charge in [0.15, 0.2) is 0 Å². The van der Waals surface area contributed by atoms with Gasteiger partial charge < -0.3 is 15.4 Å². The molecule has 1 aromatic heterocycles. The van der Waals surface area contributed by atoms with E-state index < -0.39 is 12.0 Å². The van der Waals surface area contributed by atoms with Gasteiger partial charge >= 0.3 is 5.97 Å². The van der Waals surface area contributed by atoms with Crippen molar-refractivity contribution in [2.45, 2.75) is 38.6 Å². The molecular weight excluding hydrogens is 268 g/mol. The first kappa shape index (κ1) is 15.1. The number of aromatic amines is 1. The number of aliphatic carboxylic acids is 1.